The standard InChI is InChI=1S/C12H13F4NOSi/c1-19(2,3)12(15,16)11(13,14)18-10-6-4-9(8-17)5-7-10/h4-7H,1-3H3. The molecule has 0 aliphatic rings. The Morgan fingerprint density at radius 2 is 1.53 bits per heavy atom. The SMILES string of the molecule is C[Si](C)(C)C(F)(F)C(F)(F)Oc1ccc(C#N)cc1. The van der Waals surface area contributed by atoms with Crippen molar-refractivity contribution in [3.05, 3.63) is 29.8 Å². The van der Waals surface area contributed by atoms with Gasteiger partial charge in [-0.15, -0.1) is 0 Å². The Kier molecular flexibility index (Phi) is 3.96. The van der Waals surface area contributed by atoms with Gasteiger partial charge in [0.1, 0.15) is 13.8 Å². The fourth-order valence-corrected chi connectivity index (χ4v) is 2.17. The first kappa shape index (κ1) is 15.5. The maximum atomic E-state index is 13.7. The van der Waals surface area contributed by atoms with Crippen LogP contribution in [0.4, 0.5) is 17.6 Å². The van der Waals surface area contributed by atoms with Crippen molar-refractivity contribution < 1.29 is 22.3 Å². The van der Waals surface area contributed by atoms with Crippen LogP contribution in [0.2, 0.25) is 19.6 Å². The predicted octanol–water partition coefficient (Wildman–Crippen LogP) is 4.04. The molecule has 0 unspecified atom stereocenters. The molecule has 0 amide bonds. The number of ether oxygens (including phenoxy) is 1. The summed E-state index contributed by atoms with van der Waals surface area (Å²) in [5.74, 6) is -0.401. The molecule has 1 aromatic carbocycles. The average molecular weight is 291 g/mol. The second-order valence-corrected chi connectivity index (χ2v) is 10.2. The molecule has 1 rings (SSSR count). The summed E-state index contributed by atoms with van der Waals surface area (Å²) < 4.78 is 58.6. The van der Waals surface area contributed by atoms with Crippen molar-refractivity contribution >= 4 is 8.07 Å². The molecule has 0 saturated carbocycles. The topological polar surface area (TPSA) is 33.0 Å². The normalized spacial score (nSPS) is 12.9. The second-order valence-electron chi connectivity index (χ2n) is 5.08. The van der Waals surface area contributed by atoms with Crippen molar-refractivity contribution in [2.45, 2.75) is 31.3 Å². The van der Waals surface area contributed by atoms with E-state index in [4.69, 9.17) is 5.26 Å². The summed E-state index contributed by atoms with van der Waals surface area (Å²) in [6.45, 7) is 3.43. The molecule has 0 aliphatic heterocycles. The smallest absolute Gasteiger partial charge is 0.428 e. The van der Waals surface area contributed by atoms with Gasteiger partial charge in [0.2, 0.25) is 0 Å². The summed E-state index contributed by atoms with van der Waals surface area (Å²) in [5, 5.41) is 8.54. The molecule has 0 saturated heterocycles. The van der Waals surface area contributed by atoms with Crippen LogP contribution < -0.4 is 4.74 Å². The number of nitriles is 1. The van der Waals surface area contributed by atoms with Crippen molar-refractivity contribution in [1.82, 2.24) is 0 Å². The zero-order valence-corrected chi connectivity index (χ0v) is 11.7. The molecule has 7 heteroatoms. The van der Waals surface area contributed by atoms with Crippen molar-refractivity contribution in [3.8, 4) is 11.8 Å². The van der Waals surface area contributed by atoms with E-state index >= 15 is 0 Å². The van der Waals surface area contributed by atoms with Gasteiger partial charge >= 0.3 is 11.7 Å². The molecule has 0 radical (unpaired) electrons. The summed E-state index contributed by atoms with van der Waals surface area (Å²) in [4.78, 5) is 0. The number of benzene rings is 1. The van der Waals surface area contributed by atoms with Gasteiger partial charge in [-0.2, -0.15) is 14.0 Å². The summed E-state index contributed by atoms with van der Waals surface area (Å²) in [6.07, 6.45) is -4.58. The van der Waals surface area contributed by atoms with Crippen LogP contribution >= 0.6 is 0 Å². The Bertz CT molecular complexity index is 488. The zero-order valence-electron chi connectivity index (χ0n) is 10.7. The lowest BCUT2D eigenvalue weighted by molar-refractivity contribution is -0.278. The quantitative estimate of drug-likeness (QED) is 0.619. The highest BCUT2D eigenvalue weighted by Crippen LogP contribution is 2.42. The van der Waals surface area contributed by atoms with E-state index in [0.29, 0.717) is 0 Å². The third-order valence-electron chi connectivity index (χ3n) is 2.54. The van der Waals surface area contributed by atoms with Gasteiger partial charge < -0.3 is 4.74 Å². The molecule has 0 N–H and O–H groups in total. The van der Waals surface area contributed by atoms with Crippen molar-refractivity contribution in [1.29, 1.82) is 5.26 Å². The molecule has 0 heterocycles. The molecule has 104 valence electrons. The highest BCUT2D eigenvalue weighted by atomic mass is 28.3. The zero-order chi connectivity index (χ0) is 14.9. The third kappa shape index (κ3) is 3.07. The van der Waals surface area contributed by atoms with Crippen molar-refractivity contribution in [3.63, 3.8) is 0 Å². The van der Waals surface area contributed by atoms with Gasteiger partial charge in [0.25, 0.3) is 0 Å². The lowest BCUT2D eigenvalue weighted by atomic mass is 10.2. The fraction of sp³-hybridized carbons (Fsp3) is 0.417. The van der Waals surface area contributed by atoms with Crippen LogP contribution in [0.15, 0.2) is 24.3 Å². The Balaban J connectivity index is 2.99. The van der Waals surface area contributed by atoms with E-state index in [1.54, 1.807) is 6.07 Å². The van der Waals surface area contributed by atoms with Crippen LogP contribution in [0.1, 0.15) is 5.56 Å². The van der Waals surface area contributed by atoms with Crippen LogP contribution in [0.25, 0.3) is 0 Å². The van der Waals surface area contributed by atoms with E-state index < -0.39 is 25.5 Å². The molecule has 2 nitrogen and oxygen atoms in total. The van der Waals surface area contributed by atoms with Crippen LogP contribution in [-0.4, -0.2) is 19.7 Å². The Morgan fingerprint density at radius 3 is 1.89 bits per heavy atom. The van der Waals surface area contributed by atoms with E-state index in [0.717, 1.165) is 31.8 Å². The Morgan fingerprint density at radius 1 is 1.05 bits per heavy atom. The van der Waals surface area contributed by atoms with Crippen LogP contribution in [-0.2, 0) is 0 Å². The van der Waals surface area contributed by atoms with E-state index in [1.807, 2.05) is 0 Å². The first-order valence-corrected chi connectivity index (χ1v) is 8.96. The summed E-state index contributed by atoms with van der Waals surface area (Å²) in [6, 6.07) is 6.35. The van der Waals surface area contributed by atoms with E-state index in [9.17, 15) is 17.6 Å². The molecule has 1 aromatic rings. The van der Waals surface area contributed by atoms with Crippen LogP contribution in [0.3, 0.4) is 0 Å². The predicted molar refractivity (Wildman–Crippen MR) is 65.0 cm³/mol. The minimum Gasteiger partial charge on any atom is -0.428 e. The highest BCUT2D eigenvalue weighted by Gasteiger charge is 2.66. The molecule has 0 spiro atoms. The Labute approximate surface area is 109 Å². The first-order chi connectivity index (χ1) is 8.51. The summed E-state index contributed by atoms with van der Waals surface area (Å²) >= 11 is 0. The molecular formula is C12H13F4NOSi. The molecule has 0 bridgehead atoms. The number of nitrogens with zero attached hydrogens (tertiary/aromatic N) is 1. The van der Waals surface area contributed by atoms with Crippen LogP contribution in [0, 0.1) is 11.3 Å². The largest absolute Gasteiger partial charge is 0.459 e. The lowest BCUT2D eigenvalue weighted by Crippen LogP contribution is -2.59. The highest BCUT2D eigenvalue weighted by molar-refractivity contribution is 6.78. The van der Waals surface area contributed by atoms with Crippen molar-refractivity contribution in [2.24, 2.45) is 0 Å². The first-order valence-electron chi connectivity index (χ1n) is 5.46. The summed E-state index contributed by atoms with van der Waals surface area (Å²) in [7, 11) is -3.45. The van der Waals surface area contributed by atoms with Gasteiger partial charge in [-0.3, -0.25) is 0 Å². The van der Waals surface area contributed by atoms with Gasteiger partial charge in [-0.1, -0.05) is 19.6 Å². The lowest BCUT2D eigenvalue weighted by Gasteiger charge is -2.34. The molecular weight excluding hydrogens is 278 g/mol. The number of alkyl halides is 4. The fourth-order valence-electron chi connectivity index (χ4n) is 1.25. The molecule has 0 aliphatic carbocycles. The Hall–Kier alpha value is -1.55. The minimum atomic E-state index is -4.58. The van der Waals surface area contributed by atoms with Gasteiger partial charge in [-0.25, -0.2) is 8.78 Å². The van der Waals surface area contributed by atoms with Gasteiger partial charge in [-0.05, 0) is 24.3 Å². The van der Waals surface area contributed by atoms with E-state index in [-0.39, 0.29) is 5.56 Å². The number of hydrogen-bond donors (Lipinski definition) is 0. The van der Waals surface area contributed by atoms with Crippen molar-refractivity contribution in [2.75, 3.05) is 0 Å². The van der Waals surface area contributed by atoms with E-state index in [1.165, 1.54) is 12.1 Å². The number of rotatable bonds is 4. The molecule has 0 fully saturated rings. The monoisotopic (exact) mass is 291 g/mol. The maximum absolute atomic E-state index is 13.7. The molecule has 0 aromatic heterocycles. The number of halogens is 4. The number of hydrogen-bond acceptors (Lipinski definition) is 2. The third-order valence-corrected chi connectivity index (χ3v) is 4.71. The van der Waals surface area contributed by atoms with E-state index in [2.05, 4.69) is 4.74 Å². The van der Waals surface area contributed by atoms with Gasteiger partial charge in [0.05, 0.1) is 11.6 Å². The van der Waals surface area contributed by atoms with Gasteiger partial charge in [0.15, 0.2) is 0 Å². The van der Waals surface area contributed by atoms with Gasteiger partial charge in [0, 0.05) is 0 Å². The summed E-state index contributed by atoms with van der Waals surface area (Å²) in [5.41, 5.74) is -3.97. The average Bonchev–Trinajstić information content (AvgIpc) is 2.28. The maximum Gasteiger partial charge on any atom is 0.459 e. The minimum absolute atomic E-state index is 0.229. The molecule has 19 heavy (non-hydrogen) atoms. The molecule has 0 atom stereocenters. The van der Waals surface area contributed by atoms with Crippen LogP contribution in [0.5, 0.6) is 5.75 Å². The second kappa shape index (κ2) is 4.85.